The summed E-state index contributed by atoms with van der Waals surface area (Å²) in [6.45, 7) is 1.46. The summed E-state index contributed by atoms with van der Waals surface area (Å²) in [7, 11) is 0. The molecule has 2 rings (SSSR count). The van der Waals surface area contributed by atoms with Crippen LogP contribution < -0.4 is 5.73 Å². The van der Waals surface area contributed by atoms with Crippen molar-refractivity contribution in [2.45, 2.75) is 13.0 Å². The highest BCUT2D eigenvalue weighted by Crippen LogP contribution is 2.35. The number of nitrogens with two attached hydrogens (primary N) is 1. The fourth-order valence-corrected chi connectivity index (χ4v) is 2.78. The van der Waals surface area contributed by atoms with Crippen molar-refractivity contribution in [2.24, 2.45) is 0 Å². The zero-order valence-electron chi connectivity index (χ0n) is 6.94. The molecular formula is C9H9Br2NO. The van der Waals surface area contributed by atoms with E-state index in [1.54, 1.807) is 0 Å². The van der Waals surface area contributed by atoms with Crippen LogP contribution >= 0.6 is 31.9 Å². The average molecular weight is 307 g/mol. The van der Waals surface area contributed by atoms with Gasteiger partial charge in [-0.1, -0.05) is 0 Å². The molecule has 70 valence electrons. The summed E-state index contributed by atoms with van der Waals surface area (Å²) in [6, 6.07) is 2.08. The van der Waals surface area contributed by atoms with Crippen molar-refractivity contribution in [3.8, 4) is 0 Å². The number of halogens is 2. The monoisotopic (exact) mass is 305 g/mol. The molecule has 4 heteroatoms. The number of ether oxygens (including phenoxy) is 1. The van der Waals surface area contributed by atoms with Gasteiger partial charge < -0.3 is 10.5 Å². The fourth-order valence-electron chi connectivity index (χ4n) is 1.46. The Morgan fingerprint density at radius 3 is 2.92 bits per heavy atom. The highest BCUT2D eigenvalue weighted by Gasteiger charge is 2.16. The summed E-state index contributed by atoms with van der Waals surface area (Å²) in [5, 5.41) is 0. The van der Waals surface area contributed by atoms with Gasteiger partial charge in [0.2, 0.25) is 0 Å². The molecule has 1 aromatic carbocycles. The Balaban J connectivity index is 2.60. The summed E-state index contributed by atoms with van der Waals surface area (Å²) in [5.41, 5.74) is 9.12. The second kappa shape index (κ2) is 3.59. The van der Waals surface area contributed by atoms with E-state index in [0.29, 0.717) is 6.61 Å². The molecule has 0 amide bonds. The molecule has 0 spiro atoms. The summed E-state index contributed by atoms with van der Waals surface area (Å²) in [5.74, 6) is 0. The number of nitrogen functional groups attached to an aromatic ring is 1. The minimum atomic E-state index is 0.660. The molecule has 1 aromatic rings. The predicted octanol–water partition coefficient (Wildman–Crippen LogP) is 2.87. The molecule has 0 aliphatic carbocycles. The van der Waals surface area contributed by atoms with Crippen LogP contribution in [0.15, 0.2) is 15.0 Å². The number of rotatable bonds is 0. The minimum Gasteiger partial charge on any atom is -0.397 e. The molecule has 0 unspecified atom stereocenters. The average Bonchev–Trinajstić information content (AvgIpc) is 2.15. The third-order valence-electron chi connectivity index (χ3n) is 2.21. The van der Waals surface area contributed by atoms with Crippen LogP contribution in [0.2, 0.25) is 0 Å². The Morgan fingerprint density at radius 2 is 2.15 bits per heavy atom. The normalized spacial score (nSPS) is 15.5. The molecule has 1 aliphatic rings. The van der Waals surface area contributed by atoms with E-state index in [9.17, 15) is 0 Å². The summed E-state index contributed by atoms with van der Waals surface area (Å²) in [4.78, 5) is 0. The third-order valence-corrected chi connectivity index (χ3v) is 3.77. The van der Waals surface area contributed by atoms with Crippen molar-refractivity contribution in [1.29, 1.82) is 0 Å². The predicted molar refractivity (Wildman–Crippen MR) is 59.6 cm³/mol. The summed E-state index contributed by atoms with van der Waals surface area (Å²) >= 11 is 6.91. The van der Waals surface area contributed by atoms with Crippen LogP contribution in [0, 0.1) is 0 Å². The Hall–Kier alpha value is -0.0600. The van der Waals surface area contributed by atoms with Crippen molar-refractivity contribution >= 4 is 37.5 Å². The third kappa shape index (κ3) is 1.63. The van der Waals surface area contributed by atoms with Crippen molar-refractivity contribution in [3.63, 3.8) is 0 Å². The zero-order chi connectivity index (χ0) is 9.42. The lowest BCUT2D eigenvalue weighted by atomic mass is 10.0. The Bertz CT molecular complexity index is 352. The van der Waals surface area contributed by atoms with Gasteiger partial charge in [-0.2, -0.15) is 0 Å². The van der Waals surface area contributed by atoms with E-state index in [1.807, 2.05) is 0 Å². The molecule has 0 radical (unpaired) electrons. The van der Waals surface area contributed by atoms with Gasteiger partial charge in [0.1, 0.15) is 0 Å². The van der Waals surface area contributed by atoms with Gasteiger partial charge in [-0.15, -0.1) is 0 Å². The van der Waals surface area contributed by atoms with E-state index in [4.69, 9.17) is 10.5 Å². The number of fused-ring (bicyclic) bond motifs is 1. The van der Waals surface area contributed by atoms with E-state index in [2.05, 4.69) is 37.9 Å². The quantitative estimate of drug-likeness (QED) is 0.748. The van der Waals surface area contributed by atoms with Crippen LogP contribution in [-0.2, 0) is 17.8 Å². The van der Waals surface area contributed by atoms with Gasteiger partial charge in [0.15, 0.2) is 0 Å². The molecule has 1 heterocycles. The lowest BCUT2D eigenvalue weighted by Gasteiger charge is -2.19. The van der Waals surface area contributed by atoms with Gasteiger partial charge >= 0.3 is 0 Å². The highest BCUT2D eigenvalue weighted by molar-refractivity contribution is 9.11. The van der Waals surface area contributed by atoms with Crippen molar-refractivity contribution in [1.82, 2.24) is 0 Å². The minimum absolute atomic E-state index is 0.660. The zero-order valence-corrected chi connectivity index (χ0v) is 10.1. The van der Waals surface area contributed by atoms with Crippen LogP contribution in [0.4, 0.5) is 5.69 Å². The Morgan fingerprint density at radius 1 is 1.38 bits per heavy atom. The van der Waals surface area contributed by atoms with E-state index in [0.717, 1.165) is 27.7 Å². The van der Waals surface area contributed by atoms with Crippen LogP contribution in [-0.4, -0.2) is 6.61 Å². The molecule has 0 saturated heterocycles. The highest BCUT2D eigenvalue weighted by atomic mass is 79.9. The first-order valence-corrected chi connectivity index (χ1v) is 5.61. The van der Waals surface area contributed by atoms with E-state index in [-0.39, 0.29) is 0 Å². The molecule has 0 atom stereocenters. The maximum Gasteiger partial charge on any atom is 0.0731 e. The largest absolute Gasteiger partial charge is 0.397 e. The Labute approximate surface area is 93.7 Å². The van der Waals surface area contributed by atoms with Gasteiger partial charge in [0.05, 0.1) is 18.9 Å². The van der Waals surface area contributed by atoms with Gasteiger partial charge in [0.25, 0.3) is 0 Å². The second-order valence-electron chi connectivity index (χ2n) is 3.03. The van der Waals surface area contributed by atoms with E-state index < -0.39 is 0 Å². The number of hydrogen-bond donors (Lipinski definition) is 1. The van der Waals surface area contributed by atoms with Crippen LogP contribution in [0.1, 0.15) is 11.1 Å². The van der Waals surface area contributed by atoms with Crippen molar-refractivity contribution in [3.05, 3.63) is 26.1 Å². The molecule has 0 fully saturated rings. The molecule has 2 nitrogen and oxygen atoms in total. The van der Waals surface area contributed by atoms with Gasteiger partial charge in [-0.25, -0.2) is 0 Å². The molecule has 0 bridgehead atoms. The second-order valence-corrected chi connectivity index (χ2v) is 4.67. The topological polar surface area (TPSA) is 35.2 Å². The molecule has 1 aliphatic heterocycles. The SMILES string of the molecule is Nc1c(Br)cc2c(c1Br)COCC2. The smallest absolute Gasteiger partial charge is 0.0731 e. The lowest BCUT2D eigenvalue weighted by Crippen LogP contribution is -2.11. The standard InChI is InChI=1S/C9H9Br2NO/c10-7-3-5-1-2-13-4-6(5)8(11)9(7)12/h3H,1-2,4,12H2. The van der Waals surface area contributed by atoms with Crippen molar-refractivity contribution < 1.29 is 4.74 Å². The Kier molecular flexibility index (Phi) is 2.62. The molecule has 13 heavy (non-hydrogen) atoms. The summed E-state index contributed by atoms with van der Waals surface area (Å²) in [6.07, 6.45) is 0.965. The fraction of sp³-hybridized carbons (Fsp3) is 0.333. The lowest BCUT2D eigenvalue weighted by molar-refractivity contribution is 0.110. The van der Waals surface area contributed by atoms with Crippen molar-refractivity contribution in [2.75, 3.05) is 12.3 Å². The first-order chi connectivity index (χ1) is 6.20. The van der Waals surface area contributed by atoms with Crippen LogP contribution in [0.3, 0.4) is 0 Å². The molecular weight excluding hydrogens is 298 g/mol. The number of anilines is 1. The van der Waals surface area contributed by atoms with E-state index in [1.165, 1.54) is 11.1 Å². The molecule has 2 N–H and O–H groups in total. The van der Waals surface area contributed by atoms with Crippen LogP contribution in [0.5, 0.6) is 0 Å². The maximum absolute atomic E-state index is 5.86. The first-order valence-electron chi connectivity index (χ1n) is 4.03. The first kappa shape index (κ1) is 9.49. The number of benzene rings is 1. The molecule has 0 aromatic heterocycles. The van der Waals surface area contributed by atoms with E-state index >= 15 is 0 Å². The summed E-state index contributed by atoms with van der Waals surface area (Å²) < 4.78 is 7.30. The van der Waals surface area contributed by atoms with Crippen LogP contribution in [0.25, 0.3) is 0 Å². The van der Waals surface area contributed by atoms with Gasteiger partial charge in [-0.3, -0.25) is 0 Å². The van der Waals surface area contributed by atoms with Gasteiger partial charge in [0, 0.05) is 8.95 Å². The maximum atomic E-state index is 5.86. The molecule has 0 saturated carbocycles. The number of hydrogen-bond acceptors (Lipinski definition) is 2. The van der Waals surface area contributed by atoms with Gasteiger partial charge in [-0.05, 0) is 55.5 Å².